The van der Waals surface area contributed by atoms with E-state index in [1.165, 1.54) is 0 Å². The second-order valence-corrected chi connectivity index (χ2v) is 8.77. The van der Waals surface area contributed by atoms with E-state index in [-0.39, 0.29) is 28.7 Å². The molecule has 2 atom stereocenters. The van der Waals surface area contributed by atoms with Crippen LogP contribution >= 0.6 is 0 Å². The number of benzene rings is 1. The van der Waals surface area contributed by atoms with Crippen molar-refractivity contribution in [1.82, 2.24) is 5.32 Å². The van der Waals surface area contributed by atoms with Gasteiger partial charge >= 0.3 is 5.97 Å². The van der Waals surface area contributed by atoms with Crippen molar-refractivity contribution >= 4 is 21.7 Å². The molecule has 1 aliphatic heterocycles. The van der Waals surface area contributed by atoms with Crippen LogP contribution in [-0.4, -0.2) is 36.9 Å². The molecule has 23 heavy (non-hydrogen) atoms. The Morgan fingerprint density at radius 2 is 1.78 bits per heavy atom. The van der Waals surface area contributed by atoms with Crippen LogP contribution in [0.25, 0.3) is 0 Å². The standard InChI is InChI=1S/C16H19NO5S/c18-14(12-10-16(12)6-8-23(21,22)9-7-16)17-13(15(19)20)11-4-2-1-3-5-11/h1-5,12-13H,6-10H2,(H,17,18)(H,19,20). The van der Waals surface area contributed by atoms with Gasteiger partial charge in [-0.1, -0.05) is 30.3 Å². The lowest BCUT2D eigenvalue weighted by molar-refractivity contribution is -0.142. The van der Waals surface area contributed by atoms with Crippen LogP contribution in [0.5, 0.6) is 0 Å². The highest BCUT2D eigenvalue weighted by atomic mass is 32.2. The van der Waals surface area contributed by atoms with Crippen LogP contribution in [0.3, 0.4) is 0 Å². The molecule has 1 aromatic rings. The molecule has 2 N–H and O–H groups in total. The average Bonchev–Trinajstić information content (AvgIpc) is 3.23. The van der Waals surface area contributed by atoms with Gasteiger partial charge in [0.05, 0.1) is 11.5 Å². The van der Waals surface area contributed by atoms with E-state index in [1.807, 2.05) is 0 Å². The molecule has 7 heteroatoms. The van der Waals surface area contributed by atoms with Gasteiger partial charge in [-0.15, -0.1) is 0 Å². The molecule has 1 aromatic carbocycles. The van der Waals surface area contributed by atoms with Crippen LogP contribution in [0.1, 0.15) is 30.9 Å². The zero-order valence-electron chi connectivity index (χ0n) is 12.6. The maximum atomic E-state index is 12.4. The molecule has 1 saturated carbocycles. The number of sulfone groups is 1. The minimum absolute atomic E-state index is 0.123. The highest BCUT2D eigenvalue weighted by molar-refractivity contribution is 7.91. The van der Waals surface area contributed by atoms with Crippen molar-refractivity contribution in [3.05, 3.63) is 35.9 Å². The SMILES string of the molecule is O=C(O)C(NC(=O)C1CC12CCS(=O)(=O)CC2)c1ccccc1. The maximum absolute atomic E-state index is 12.4. The zero-order chi connectivity index (χ0) is 16.7. The number of carbonyl (C=O) groups excluding carboxylic acids is 1. The normalized spacial score (nSPS) is 25.5. The summed E-state index contributed by atoms with van der Waals surface area (Å²) in [5.74, 6) is -1.43. The Morgan fingerprint density at radius 1 is 1.17 bits per heavy atom. The van der Waals surface area contributed by atoms with E-state index >= 15 is 0 Å². The molecule has 1 heterocycles. The molecule has 124 valence electrons. The van der Waals surface area contributed by atoms with Crippen molar-refractivity contribution in [3.8, 4) is 0 Å². The van der Waals surface area contributed by atoms with Crippen LogP contribution in [-0.2, 0) is 19.4 Å². The molecule has 0 radical (unpaired) electrons. The zero-order valence-corrected chi connectivity index (χ0v) is 13.4. The van der Waals surface area contributed by atoms with Gasteiger partial charge in [-0.25, -0.2) is 13.2 Å². The third kappa shape index (κ3) is 3.24. The van der Waals surface area contributed by atoms with Crippen LogP contribution in [0, 0.1) is 11.3 Å². The molecule has 0 bridgehead atoms. The van der Waals surface area contributed by atoms with E-state index < -0.39 is 21.8 Å². The molecule has 2 unspecified atom stereocenters. The summed E-state index contributed by atoms with van der Waals surface area (Å²) in [6.45, 7) is 0. The monoisotopic (exact) mass is 337 g/mol. The van der Waals surface area contributed by atoms with Crippen LogP contribution in [0.4, 0.5) is 0 Å². The quantitative estimate of drug-likeness (QED) is 0.858. The molecule has 1 saturated heterocycles. The molecular weight excluding hydrogens is 318 g/mol. The lowest BCUT2D eigenvalue weighted by Crippen LogP contribution is -2.37. The predicted molar refractivity (Wildman–Crippen MR) is 83.4 cm³/mol. The third-order valence-electron chi connectivity index (χ3n) is 4.99. The first-order valence-electron chi connectivity index (χ1n) is 7.62. The summed E-state index contributed by atoms with van der Waals surface area (Å²) in [7, 11) is -2.97. The third-order valence-corrected chi connectivity index (χ3v) is 6.65. The van der Waals surface area contributed by atoms with Gasteiger partial charge in [-0.05, 0) is 30.2 Å². The Hall–Kier alpha value is -1.89. The van der Waals surface area contributed by atoms with E-state index in [0.717, 1.165) is 0 Å². The summed E-state index contributed by atoms with van der Waals surface area (Å²) in [5.41, 5.74) is 0.282. The summed E-state index contributed by atoms with van der Waals surface area (Å²) in [6, 6.07) is 7.48. The summed E-state index contributed by atoms with van der Waals surface area (Å²) < 4.78 is 23.0. The number of carbonyl (C=O) groups is 2. The first-order chi connectivity index (χ1) is 10.8. The van der Waals surface area contributed by atoms with Crippen LogP contribution in [0.15, 0.2) is 30.3 Å². The summed E-state index contributed by atoms with van der Waals surface area (Å²) in [5, 5.41) is 12.0. The molecule has 0 aromatic heterocycles. The predicted octanol–water partition coefficient (Wildman–Crippen LogP) is 1.14. The van der Waals surface area contributed by atoms with Crippen molar-refractivity contribution in [1.29, 1.82) is 0 Å². The van der Waals surface area contributed by atoms with Crippen molar-refractivity contribution < 1.29 is 23.1 Å². The highest BCUT2D eigenvalue weighted by Crippen LogP contribution is 2.59. The Balaban J connectivity index is 1.67. The number of nitrogens with one attached hydrogen (secondary N) is 1. The molecule has 1 amide bonds. The smallest absolute Gasteiger partial charge is 0.330 e. The van der Waals surface area contributed by atoms with Gasteiger partial charge < -0.3 is 10.4 Å². The minimum Gasteiger partial charge on any atom is -0.479 e. The largest absolute Gasteiger partial charge is 0.479 e. The van der Waals surface area contributed by atoms with Crippen LogP contribution < -0.4 is 5.32 Å². The Morgan fingerprint density at radius 3 is 2.35 bits per heavy atom. The molecule has 2 fully saturated rings. The summed E-state index contributed by atoms with van der Waals surface area (Å²) in [4.78, 5) is 23.8. The number of amides is 1. The number of rotatable bonds is 4. The van der Waals surface area contributed by atoms with E-state index in [1.54, 1.807) is 30.3 Å². The summed E-state index contributed by atoms with van der Waals surface area (Å²) >= 11 is 0. The van der Waals surface area contributed by atoms with Gasteiger partial charge in [0.1, 0.15) is 9.84 Å². The highest BCUT2D eigenvalue weighted by Gasteiger charge is 2.59. The van der Waals surface area contributed by atoms with Crippen molar-refractivity contribution in [2.45, 2.75) is 25.3 Å². The van der Waals surface area contributed by atoms with Gasteiger partial charge in [0.2, 0.25) is 5.91 Å². The molecule has 1 spiro atoms. The van der Waals surface area contributed by atoms with E-state index in [4.69, 9.17) is 0 Å². The second-order valence-electron chi connectivity index (χ2n) is 6.46. The van der Waals surface area contributed by atoms with Gasteiger partial charge in [0.25, 0.3) is 0 Å². The first kappa shape index (κ1) is 16.0. The second kappa shape index (κ2) is 5.63. The molecular formula is C16H19NO5S. The Bertz CT molecular complexity index is 714. The van der Waals surface area contributed by atoms with E-state index in [2.05, 4.69) is 5.32 Å². The topological polar surface area (TPSA) is 101 Å². The van der Waals surface area contributed by atoms with Crippen LogP contribution in [0.2, 0.25) is 0 Å². The number of aliphatic carboxylic acids is 1. The van der Waals surface area contributed by atoms with Gasteiger partial charge in [-0.3, -0.25) is 4.79 Å². The van der Waals surface area contributed by atoms with E-state index in [9.17, 15) is 23.1 Å². The van der Waals surface area contributed by atoms with Crippen molar-refractivity contribution in [2.75, 3.05) is 11.5 Å². The number of carboxylic acid groups (broad SMARTS) is 1. The Labute approximate surface area is 134 Å². The minimum atomic E-state index is -2.97. The van der Waals surface area contributed by atoms with Crippen molar-refractivity contribution in [3.63, 3.8) is 0 Å². The molecule has 1 aliphatic carbocycles. The number of hydrogen-bond acceptors (Lipinski definition) is 4. The fraction of sp³-hybridized carbons (Fsp3) is 0.500. The lowest BCUT2D eigenvalue weighted by Gasteiger charge is -2.23. The first-order valence-corrected chi connectivity index (χ1v) is 9.44. The number of hydrogen-bond donors (Lipinski definition) is 2. The van der Waals surface area contributed by atoms with E-state index in [0.29, 0.717) is 24.8 Å². The molecule has 3 rings (SSSR count). The van der Waals surface area contributed by atoms with Crippen molar-refractivity contribution in [2.24, 2.45) is 11.3 Å². The van der Waals surface area contributed by atoms with Gasteiger partial charge in [0.15, 0.2) is 6.04 Å². The fourth-order valence-corrected chi connectivity index (χ4v) is 5.03. The Kier molecular flexibility index (Phi) is 3.91. The lowest BCUT2D eigenvalue weighted by atomic mass is 9.95. The molecule has 2 aliphatic rings. The average molecular weight is 337 g/mol. The van der Waals surface area contributed by atoms with Gasteiger partial charge in [-0.2, -0.15) is 0 Å². The summed E-state index contributed by atoms with van der Waals surface area (Å²) in [6.07, 6.45) is 1.64. The maximum Gasteiger partial charge on any atom is 0.330 e. The van der Waals surface area contributed by atoms with Gasteiger partial charge in [0, 0.05) is 5.92 Å². The molecule has 6 nitrogen and oxygen atoms in total. The number of carboxylic acids is 1. The fourth-order valence-electron chi connectivity index (χ4n) is 3.39.